The van der Waals surface area contributed by atoms with Crippen molar-refractivity contribution in [3.63, 3.8) is 0 Å². The molecule has 0 atom stereocenters. The van der Waals surface area contributed by atoms with Gasteiger partial charge in [0.25, 0.3) is 0 Å². The lowest BCUT2D eigenvalue weighted by molar-refractivity contribution is 0.298. The summed E-state index contributed by atoms with van der Waals surface area (Å²) >= 11 is 3.40. The van der Waals surface area contributed by atoms with Gasteiger partial charge in [0.1, 0.15) is 18.4 Å². The molecule has 0 spiro atoms. The van der Waals surface area contributed by atoms with Crippen LogP contribution in [0.5, 0.6) is 5.75 Å². The van der Waals surface area contributed by atoms with Gasteiger partial charge in [-0.1, -0.05) is 22.0 Å². The Morgan fingerprint density at radius 2 is 2.31 bits per heavy atom. The average Bonchev–Trinajstić information content (AvgIpc) is 2.77. The Hall–Kier alpha value is -1.36. The van der Waals surface area contributed by atoms with Crippen LogP contribution >= 0.6 is 15.9 Å². The number of halogens is 1. The van der Waals surface area contributed by atoms with Crippen LogP contribution in [0.15, 0.2) is 41.4 Å². The van der Waals surface area contributed by atoms with Gasteiger partial charge >= 0.3 is 0 Å². The second-order valence-electron chi connectivity index (χ2n) is 3.32. The normalized spacial score (nSPS) is 10.3. The maximum atomic E-state index is 5.59. The molecule has 0 N–H and O–H groups in total. The van der Waals surface area contributed by atoms with Gasteiger partial charge < -0.3 is 4.74 Å². The van der Waals surface area contributed by atoms with Gasteiger partial charge in [-0.15, -0.1) is 0 Å². The van der Waals surface area contributed by atoms with E-state index >= 15 is 0 Å². The van der Waals surface area contributed by atoms with Crippen molar-refractivity contribution in [2.45, 2.75) is 13.0 Å². The molecule has 0 amide bonds. The quantitative estimate of drug-likeness (QED) is 0.791. The van der Waals surface area contributed by atoms with Crippen LogP contribution < -0.4 is 4.74 Å². The van der Waals surface area contributed by atoms with E-state index in [1.165, 1.54) is 6.33 Å². The SMILES string of the molecule is Brc1cccc(OCCCn2cncn2)c1. The molecule has 5 heteroatoms. The molecule has 16 heavy (non-hydrogen) atoms. The lowest BCUT2D eigenvalue weighted by Crippen LogP contribution is -2.04. The van der Waals surface area contributed by atoms with Gasteiger partial charge in [-0.3, -0.25) is 4.68 Å². The molecule has 0 aliphatic carbocycles. The summed E-state index contributed by atoms with van der Waals surface area (Å²) in [7, 11) is 0. The molecule has 2 rings (SSSR count). The summed E-state index contributed by atoms with van der Waals surface area (Å²) < 4.78 is 8.42. The van der Waals surface area contributed by atoms with Gasteiger partial charge in [0.2, 0.25) is 0 Å². The van der Waals surface area contributed by atoms with Gasteiger partial charge in [0.05, 0.1) is 6.61 Å². The average molecular weight is 282 g/mol. The predicted molar refractivity (Wildman–Crippen MR) is 64.3 cm³/mol. The standard InChI is InChI=1S/C11H12BrN3O/c12-10-3-1-4-11(7-10)16-6-2-5-15-9-13-8-14-15/h1,3-4,7-9H,2,5-6H2. The van der Waals surface area contributed by atoms with Crippen molar-refractivity contribution >= 4 is 15.9 Å². The Kier molecular flexibility index (Phi) is 3.93. The fraction of sp³-hybridized carbons (Fsp3) is 0.273. The Morgan fingerprint density at radius 3 is 3.06 bits per heavy atom. The Morgan fingerprint density at radius 1 is 1.38 bits per heavy atom. The van der Waals surface area contributed by atoms with Crippen LogP contribution in [0, 0.1) is 0 Å². The zero-order valence-electron chi connectivity index (χ0n) is 8.71. The molecule has 1 aromatic carbocycles. The van der Waals surface area contributed by atoms with Gasteiger partial charge in [-0.2, -0.15) is 5.10 Å². The van der Waals surface area contributed by atoms with Crippen LogP contribution in [0.2, 0.25) is 0 Å². The van der Waals surface area contributed by atoms with Crippen LogP contribution in [0.1, 0.15) is 6.42 Å². The third-order valence-electron chi connectivity index (χ3n) is 2.06. The molecule has 0 saturated heterocycles. The highest BCUT2D eigenvalue weighted by atomic mass is 79.9. The zero-order valence-corrected chi connectivity index (χ0v) is 10.3. The molecule has 84 valence electrons. The van der Waals surface area contributed by atoms with Gasteiger partial charge in [0.15, 0.2) is 0 Å². The number of hydrogen-bond acceptors (Lipinski definition) is 3. The highest BCUT2D eigenvalue weighted by molar-refractivity contribution is 9.10. The molecule has 0 fully saturated rings. The number of benzene rings is 1. The number of aromatic nitrogens is 3. The summed E-state index contributed by atoms with van der Waals surface area (Å²) in [5, 5.41) is 4.02. The molecule has 0 saturated carbocycles. The van der Waals surface area contributed by atoms with Crippen molar-refractivity contribution in [3.8, 4) is 5.75 Å². The zero-order chi connectivity index (χ0) is 11.2. The first-order valence-corrected chi connectivity index (χ1v) is 5.85. The van der Waals surface area contributed by atoms with E-state index in [1.54, 1.807) is 11.0 Å². The number of nitrogens with zero attached hydrogens (tertiary/aromatic N) is 3. The van der Waals surface area contributed by atoms with Gasteiger partial charge in [-0.05, 0) is 18.2 Å². The number of aryl methyl sites for hydroxylation is 1. The lowest BCUT2D eigenvalue weighted by atomic mass is 10.3. The number of rotatable bonds is 5. The topological polar surface area (TPSA) is 39.9 Å². The van der Waals surface area contributed by atoms with Crippen molar-refractivity contribution < 1.29 is 4.74 Å². The molecule has 0 aliphatic heterocycles. The predicted octanol–water partition coefficient (Wildman–Crippen LogP) is 2.51. The second-order valence-corrected chi connectivity index (χ2v) is 4.23. The van der Waals surface area contributed by atoms with Gasteiger partial charge in [-0.25, -0.2) is 4.98 Å². The lowest BCUT2D eigenvalue weighted by Gasteiger charge is -2.06. The molecule has 0 radical (unpaired) electrons. The smallest absolute Gasteiger partial charge is 0.137 e. The molecule has 2 aromatic rings. The van der Waals surface area contributed by atoms with E-state index < -0.39 is 0 Å². The van der Waals surface area contributed by atoms with Crippen molar-refractivity contribution in [3.05, 3.63) is 41.4 Å². The maximum absolute atomic E-state index is 5.59. The van der Waals surface area contributed by atoms with E-state index in [1.807, 2.05) is 24.3 Å². The number of ether oxygens (including phenoxy) is 1. The molecule has 0 bridgehead atoms. The molecule has 0 unspecified atom stereocenters. The minimum Gasteiger partial charge on any atom is -0.493 e. The van der Waals surface area contributed by atoms with Gasteiger partial charge in [0, 0.05) is 17.4 Å². The van der Waals surface area contributed by atoms with Crippen LogP contribution in [0.4, 0.5) is 0 Å². The molecule has 0 aliphatic rings. The second kappa shape index (κ2) is 5.65. The Balaban J connectivity index is 1.72. The summed E-state index contributed by atoms with van der Waals surface area (Å²) in [6.45, 7) is 1.50. The molecular weight excluding hydrogens is 270 g/mol. The molecule has 1 aromatic heterocycles. The van der Waals surface area contributed by atoms with E-state index in [0.29, 0.717) is 6.61 Å². The van der Waals surface area contributed by atoms with Crippen molar-refractivity contribution in [2.75, 3.05) is 6.61 Å². The first kappa shape index (κ1) is 11.1. The maximum Gasteiger partial charge on any atom is 0.137 e. The number of hydrogen-bond donors (Lipinski definition) is 0. The monoisotopic (exact) mass is 281 g/mol. The fourth-order valence-corrected chi connectivity index (χ4v) is 1.70. The van der Waals surface area contributed by atoms with Crippen molar-refractivity contribution in [1.82, 2.24) is 14.8 Å². The Bertz CT molecular complexity index is 431. The van der Waals surface area contributed by atoms with E-state index in [-0.39, 0.29) is 0 Å². The highest BCUT2D eigenvalue weighted by Crippen LogP contribution is 2.17. The molecule has 4 nitrogen and oxygen atoms in total. The fourth-order valence-electron chi connectivity index (χ4n) is 1.32. The van der Waals surface area contributed by atoms with Crippen LogP contribution in [0.25, 0.3) is 0 Å². The molecule has 1 heterocycles. The summed E-state index contributed by atoms with van der Waals surface area (Å²) in [4.78, 5) is 3.88. The van der Waals surface area contributed by atoms with E-state index in [4.69, 9.17) is 4.74 Å². The van der Waals surface area contributed by atoms with E-state index in [9.17, 15) is 0 Å². The van der Waals surface area contributed by atoms with Crippen LogP contribution in [-0.4, -0.2) is 21.4 Å². The van der Waals surface area contributed by atoms with E-state index in [0.717, 1.165) is 23.2 Å². The molecular formula is C11H12BrN3O. The minimum absolute atomic E-state index is 0.677. The van der Waals surface area contributed by atoms with Crippen molar-refractivity contribution in [1.29, 1.82) is 0 Å². The van der Waals surface area contributed by atoms with Crippen LogP contribution in [-0.2, 0) is 6.54 Å². The first-order chi connectivity index (χ1) is 7.84. The first-order valence-electron chi connectivity index (χ1n) is 5.05. The Labute approximate surface area is 102 Å². The largest absolute Gasteiger partial charge is 0.493 e. The summed E-state index contributed by atoms with van der Waals surface area (Å²) in [6, 6.07) is 7.83. The summed E-state index contributed by atoms with van der Waals surface area (Å²) in [5.41, 5.74) is 0. The minimum atomic E-state index is 0.677. The van der Waals surface area contributed by atoms with Crippen molar-refractivity contribution in [2.24, 2.45) is 0 Å². The van der Waals surface area contributed by atoms with Crippen LogP contribution in [0.3, 0.4) is 0 Å². The summed E-state index contributed by atoms with van der Waals surface area (Å²) in [6.07, 6.45) is 4.16. The third kappa shape index (κ3) is 3.34. The van der Waals surface area contributed by atoms with E-state index in [2.05, 4.69) is 26.0 Å². The highest BCUT2D eigenvalue weighted by Gasteiger charge is 1.95. The summed E-state index contributed by atoms with van der Waals surface area (Å²) in [5.74, 6) is 0.882. The third-order valence-corrected chi connectivity index (χ3v) is 2.56.